The predicted molar refractivity (Wildman–Crippen MR) is 70.8 cm³/mol. The van der Waals surface area contributed by atoms with Crippen LogP contribution in [0.2, 0.25) is 0 Å². The van der Waals surface area contributed by atoms with Gasteiger partial charge in [-0.15, -0.1) is 0 Å². The van der Waals surface area contributed by atoms with E-state index in [9.17, 15) is 4.79 Å². The Bertz CT molecular complexity index is 257. The normalized spacial score (nSPS) is 21.1. The van der Waals surface area contributed by atoms with Gasteiger partial charge in [-0.25, -0.2) is 0 Å². The molecule has 3 N–H and O–H groups in total. The lowest BCUT2D eigenvalue weighted by Crippen LogP contribution is -2.70. The molecule has 1 saturated heterocycles. The predicted octanol–water partition coefficient (Wildman–Crippen LogP) is 1.10. The van der Waals surface area contributed by atoms with E-state index in [4.69, 9.17) is 5.73 Å². The number of rotatable bonds is 6. The van der Waals surface area contributed by atoms with Gasteiger partial charge < -0.3 is 11.1 Å². The molecule has 1 aliphatic heterocycles. The minimum Gasteiger partial charge on any atom is -0.352 e. The second kappa shape index (κ2) is 5.83. The Labute approximate surface area is 105 Å². The van der Waals surface area contributed by atoms with Crippen LogP contribution in [0, 0.1) is 0 Å². The molecular weight excluding hydrogens is 214 g/mol. The van der Waals surface area contributed by atoms with Gasteiger partial charge in [-0.05, 0) is 26.2 Å². The fourth-order valence-electron chi connectivity index (χ4n) is 2.24. The zero-order valence-corrected chi connectivity index (χ0v) is 11.6. The number of nitrogens with zero attached hydrogens (tertiary/aromatic N) is 1. The monoisotopic (exact) mass is 241 g/mol. The van der Waals surface area contributed by atoms with E-state index in [0.717, 1.165) is 32.4 Å². The largest absolute Gasteiger partial charge is 0.352 e. The Morgan fingerprint density at radius 2 is 1.88 bits per heavy atom. The van der Waals surface area contributed by atoms with Crippen LogP contribution in [-0.2, 0) is 4.79 Å². The van der Waals surface area contributed by atoms with E-state index < -0.39 is 0 Å². The Kier molecular flexibility index (Phi) is 4.95. The molecule has 0 aromatic heterocycles. The zero-order chi connectivity index (χ0) is 13.1. The molecule has 4 heteroatoms. The fraction of sp³-hybridized carbons (Fsp3) is 0.923. The molecule has 17 heavy (non-hydrogen) atoms. The van der Waals surface area contributed by atoms with Crippen LogP contribution in [0.3, 0.4) is 0 Å². The number of carbonyl (C=O) groups is 1. The first-order chi connectivity index (χ1) is 7.95. The number of nitrogens with two attached hydrogens (primary N) is 1. The average molecular weight is 241 g/mol. The van der Waals surface area contributed by atoms with Crippen molar-refractivity contribution in [2.75, 3.05) is 13.1 Å². The molecule has 1 amide bonds. The molecule has 0 aromatic carbocycles. The molecule has 4 nitrogen and oxygen atoms in total. The Morgan fingerprint density at radius 3 is 2.29 bits per heavy atom. The lowest BCUT2D eigenvalue weighted by Gasteiger charge is -2.49. The van der Waals surface area contributed by atoms with E-state index >= 15 is 0 Å². The summed E-state index contributed by atoms with van der Waals surface area (Å²) in [7, 11) is 0. The highest BCUT2D eigenvalue weighted by molar-refractivity contribution is 5.81. The van der Waals surface area contributed by atoms with Crippen molar-refractivity contribution < 1.29 is 4.79 Å². The summed E-state index contributed by atoms with van der Waals surface area (Å²) in [5, 5.41) is 3.09. The van der Waals surface area contributed by atoms with Gasteiger partial charge in [0.05, 0.1) is 6.04 Å². The van der Waals surface area contributed by atoms with Crippen molar-refractivity contribution in [2.45, 2.75) is 64.6 Å². The molecule has 100 valence electrons. The van der Waals surface area contributed by atoms with Crippen molar-refractivity contribution in [1.82, 2.24) is 10.2 Å². The lowest BCUT2D eigenvalue weighted by molar-refractivity contribution is -0.129. The van der Waals surface area contributed by atoms with Crippen LogP contribution in [0.15, 0.2) is 0 Å². The lowest BCUT2D eigenvalue weighted by atomic mass is 9.87. The molecule has 1 fully saturated rings. The maximum Gasteiger partial charge on any atom is 0.237 e. The van der Waals surface area contributed by atoms with Gasteiger partial charge in [0.15, 0.2) is 0 Å². The molecule has 1 heterocycles. The summed E-state index contributed by atoms with van der Waals surface area (Å²) in [6.07, 6.45) is 2.96. The highest BCUT2D eigenvalue weighted by atomic mass is 16.2. The number of likely N-dealkylation sites (tertiary alicyclic amines) is 1. The third-order valence-corrected chi connectivity index (χ3v) is 4.00. The van der Waals surface area contributed by atoms with Crippen LogP contribution >= 0.6 is 0 Å². The van der Waals surface area contributed by atoms with Gasteiger partial charge in [0.2, 0.25) is 5.91 Å². The summed E-state index contributed by atoms with van der Waals surface area (Å²) in [6, 6.07) is 0.249. The summed E-state index contributed by atoms with van der Waals surface area (Å²) in [6.45, 7) is 9.94. The van der Waals surface area contributed by atoms with Gasteiger partial charge in [0.25, 0.3) is 0 Å². The van der Waals surface area contributed by atoms with E-state index in [0.29, 0.717) is 6.04 Å². The van der Waals surface area contributed by atoms with E-state index in [2.05, 4.69) is 31.0 Å². The van der Waals surface area contributed by atoms with E-state index in [1.807, 2.05) is 6.92 Å². The van der Waals surface area contributed by atoms with E-state index in [1.54, 1.807) is 0 Å². The number of nitrogens with one attached hydrogen (secondary N) is 1. The molecular formula is C13H27N3O. The van der Waals surface area contributed by atoms with Gasteiger partial charge in [-0.2, -0.15) is 0 Å². The molecule has 0 aromatic rings. The first-order valence-electron chi connectivity index (χ1n) is 6.79. The average Bonchev–Trinajstić information content (AvgIpc) is 2.30. The van der Waals surface area contributed by atoms with Crippen LogP contribution in [-0.4, -0.2) is 41.5 Å². The zero-order valence-electron chi connectivity index (χ0n) is 11.6. The first-order valence-corrected chi connectivity index (χ1v) is 6.79. The van der Waals surface area contributed by atoms with Crippen LogP contribution in [0.4, 0.5) is 0 Å². The minimum atomic E-state index is -0.0660. The highest BCUT2D eigenvalue weighted by Gasteiger charge is 2.41. The molecule has 0 aliphatic carbocycles. The van der Waals surface area contributed by atoms with E-state index in [1.165, 1.54) is 0 Å². The SMILES string of the molecule is CCC(CC)NC(=O)C(C)N1CC(N)(CC)C1. The quantitative estimate of drug-likeness (QED) is 0.732. The van der Waals surface area contributed by atoms with Crippen molar-refractivity contribution in [2.24, 2.45) is 5.73 Å². The van der Waals surface area contributed by atoms with Crippen molar-refractivity contribution in [3.63, 3.8) is 0 Å². The summed E-state index contributed by atoms with van der Waals surface area (Å²) in [5.41, 5.74) is 6.04. The smallest absolute Gasteiger partial charge is 0.237 e. The molecule has 1 aliphatic rings. The van der Waals surface area contributed by atoms with Gasteiger partial charge in [-0.3, -0.25) is 9.69 Å². The van der Waals surface area contributed by atoms with Crippen molar-refractivity contribution in [3.05, 3.63) is 0 Å². The van der Waals surface area contributed by atoms with Crippen LogP contribution in [0.25, 0.3) is 0 Å². The third-order valence-electron chi connectivity index (χ3n) is 4.00. The first kappa shape index (κ1) is 14.5. The number of hydrogen-bond donors (Lipinski definition) is 2. The summed E-state index contributed by atoms with van der Waals surface area (Å²) in [4.78, 5) is 14.2. The van der Waals surface area contributed by atoms with E-state index in [-0.39, 0.29) is 17.5 Å². The Morgan fingerprint density at radius 1 is 1.35 bits per heavy atom. The van der Waals surface area contributed by atoms with Crippen molar-refractivity contribution in [3.8, 4) is 0 Å². The van der Waals surface area contributed by atoms with Crippen LogP contribution in [0.1, 0.15) is 47.0 Å². The van der Waals surface area contributed by atoms with Gasteiger partial charge in [-0.1, -0.05) is 20.8 Å². The highest BCUT2D eigenvalue weighted by Crippen LogP contribution is 2.23. The maximum atomic E-state index is 12.0. The molecule has 0 radical (unpaired) electrons. The maximum absolute atomic E-state index is 12.0. The van der Waals surface area contributed by atoms with Gasteiger partial charge >= 0.3 is 0 Å². The minimum absolute atomic E-state index is 0.0566. The second-order valence-electron chi connectivity index (χ2n) is 5.32. The molecule has 1 rings (SSSR count). The number of amides is 1. The van der Waals surface area contributed by atoms with Crippen LogP contribution < -0.4 is 11.1 Å². The topological polar surface area (TPSA) is 58.4 Å². The fourth-order valence-corrected chi connectivity index (χ4v) is 2.24. The number of carbonyl (C=O) groups excluding carboxylic acids is 1. The molecule has 0 bridgehead atoms. The summed E-state index contributed by atoms with van der Waals surface area (Å²) in [5.74, 6) is 0.136. The van der Waals surface area contributed by atoms with Crippen LogP contribution in [0.5, 0.6) is 0 Å². The summed E-state index contributed by atoms with van der Waals surface area (Å²) >= 11 is 0. The molecule has 0 spiro atoms. The Hall–Kier alpha value is -0.610. The van der Waals surface area contributed by atoms with Gasteiger partial charge in [0.1, 0.15) is 0 Å². The molecule has 1 unspecified atom stereocenters. The second-order valence-corrected chi connectivity index (χ2v) is 5.32. The van der Waals surface area contributed by atoms with Gasteiger partial charge in [0, 0.05) is 24.7 Å². The van der Waals surface area contributed by atoms with Crippen molar-refractivity contribution >= 4 is 5.91 Å². The standard InChI is InChI=1S/C13H27N3O/c1-5-11(6-2)15-12(17)10(4)16-8-13(14,7-3)9-16/h10-11H,5-9,14H2,1-4H3,(H,15,17). The number of hydrogen-bond acceptors (Lipinski definition) is 3. The third kappa shape index (κ3) is 3.42. The summed E-state index contributed by atoms with van der Waals surface area (Å²) < 4.78 is 0. The molecule has 1 atom stereocenters. The Balaban J connectivity index is 2.39. The molecule has 0 saturated carbocycles. The van der Waals surface area contributed by atoms with Crippen molar-refractivity contribution in [1.29, 1.82) is 0 Å².